The highest BCUT2D eigenvalue weighted by atomic mass is 16.4. The van der Waals surface area contributed by atoms with Gasteiger partial charge in [-0.25, -0.2) is 0 Å². The van der Waals surface area contributed by atoms with Crippen molar-refractivity contribution < 1.29 is 14.7 Å². The number of hydrogen-bond donors (Lipinski definition) is 2. The topological polar surface area (TPSA) is 80.4 Å². The second kappa shape index (κ2) is 7.73. The lowest BCUT2D eigenvalue weighted by Crippen LogP contribution is -2.29. The summed E-state index contributed by atoms with van der Waals surface area (Å²) in [6.07, 6.45) is 5.68. The van der Waals surface area contributed by atoms with Crippen LogP contribution in [0.5, 0.6) is 0 Å². The maximum atomic E-state index is 10.3. The Hall–Kier alpha value is -0.900. The summed E-state index contributed by atoms with van der Waals surface area (Å²) in [5.41, 5.74) is 5.30. The molecule has 0 aliphatic rings. The van der Waals surface area contributed by atoms with Gasteiger partial charge in [0.15, 0.2) is 0 Å². The Balaban J connectivity index is 3.15. The lowest BCUT2D eigenvalue weighted by atomic mass is 10.1. The van der Waals surface area contributed by atoms with Gasteiger partial charge in [0.05, 0.1) is 0 Å². The van der Waals surface area contributed by atoms with Crippen LogP contribution in [-0.4, -0.2) is 23.4 Å². The molecule has 0 heterocycles. The van der Waals surface area contributed by atoms with Crippen LogP contribution in [-0.2, 0) is 9.59 Å². The predicted molar refractivity (Wildman–Crippen MR) is 49.4 cm³/mol. The number of hydrogen-bond acceptors (Lipinski definition) is 3. The lowest BCUT2D eigenvalue weighted by Gasteiger charge is -2.04. The van der Waals surface area contributed by atoms with E-state index in [1.807, 2.05) is 0 Å². The van der Waals surface area contributed by atoms with E-state index in [-0.39, 0.29) is 0 Å². The average Bonchev–Trinajstić information content (AvgIpc) is 2.10. The molecule has 0 saturated heterocycles. The molecule has 0 saturated carbocycles. The minimum absolute atomic E-state index is 0.524. The number of unbranched alkanes of at least 4 members (excludes halogenated alkanes) is 4. The van der Waals surface area contributed by atoms with E-state index < -0.39 is 12.0 Å². The van der Waals surface area contributed by atoms with Crippen molar-refractivity contribution in [3.8, 4) is 0 Å². The van der Waals surface area contributed by atoms with Crippen LogP contribution in [0.15, 0.2) is 0 Å². The minimum Gasteiger partial charge on any atom is -0.480 e. The standard InChI is InChI=1S/C9H17NO3/c10-8(9(12)13)6-4-2-1-3-5-7-11/h7-8H,1-6,10H2,(H,12,13). The highest BCUT2D eigenvalue weighted by Crippen LogP contribution is 2.05. The first-order valence-corrected chi connectivity index (χ1v) is 4.60. The van der Waals surface area contributed by atoms with E-state index in [0.29, 0.717) is 12.8 Å². The normalized spacial score (nSPS) is 12.4. The molecule has 4 heteroatoms. The third kappa shape index (κ3) is 7.46. The van der Waals surface area contributed by atoms with Gasteiger partial charge < -0.3 is 15.6 Å². The number of carboxylic acids is 1. The molecule has 0 fully saturated rings. The van der Waals surface area contributed by atoms with Gasteiger partial charge in [0.1, 0.15) is 12.3 Å². The number of carbonyl (C=O) groups excluding carboxylic acids is 1. The smallest absolute Gasteiger partial charge is 0.320 e. The second-order valence-electron chi connectivity index (χ2n) is 3.10. The Bertz CT molecular complexity index is 159. The molecule has 0 amide bonds. The first kappa shape index (κ1) is 12.1. The SMILES string of the molecule is NC(CCCCCCC=O)C(=O)O. The third-order valence-corrected chi connectivity index (χ3v) is 1.90. The molecular weight excluding hydrogens is 170 g/mol. The third-order valence-electron chi connectivity index (χ3n) is 1.90. The Kier molecular flexibility index (Phi) is 7.20. The largest absolute Gasteiger partial charge is 0.480 e. The van der Waals surface area contributed by atoms with Gasteiger partial charge in [-0.2, -0.15) is 0 Å². The van der Waals surface area contributed by atoms with E-state index in [9.17, 15) is 9.59 Å². The molecule has 0 rings (SSSR count). The van der Waals surface area contributed by atoms with Gasteiger partial charge in [-0.1, -0.05) is 19.3 Å². The van der Waals surface area contributed by atoms with Crippen LogP contribution >= 0.6 is 0 Å². The van der Waals surface area contributed by atoms with E-state index in [2.05, 4.69) is 0 Å². The van der Waals surface area contributed by atoms with Crippen LogP contribution in [0, 0.1) is 0 Å². The molecular formula is C9H17NO3. The number of aliphatic carboxylic acids is 1. The molecule has 0 aliphatic heterocycles. The van der Waals surface area contributed by atoms with Crippen LogP contribution < -0.4 is 5.73 Å². The number of carbonyl (C=O) groups is 2. The van der Waals surface area contributed by atoms with Crippen molar-refractivity contribution in [2.75, 3.05) is 0 Å². The average molecular weight is 187 g/mol. The molecule has 0 aromatic carbocycles. The zero-order chi connectivity index (χ0) is 10.1. The molecule has 1 atom stereocenters. The van der Waals surface area contributed by atoms with Gasteiger partial charge in [0.25, 0.3) is 0 Å². The van der Waals surface area contributed by atoms with Crippen molar-refractivity contribution in [3.05, 3.63) is 0 Å². The number of rotatable bonds is 8. The van der Waals surface area contributed by atoms with Crippen LogP contribution in [0.3, 0.4) is 0 Å². The van der Waals surface area contributed by atoms with E-state index >= 15 is 0 Å². The van der Waals surface area contributed by atoms with E-state index in [1.54, 1.807) is 0 Å². The fourth-order valence-electron chi connectivity index (χ4n) is 1.07. The first-order valence-electron chi connectivity index (χ1n) is 4.60. The summed E-state index contributed by atoms with van der Waals surface area (Å²) in [7, 11) is 0. The van der Waals surface area contributed by atoms with E-state index in [1.165, 1.54) is 0 Å². The predicted octanol–water partition coefficient (Wildman–Crippen LogP) is 0.938. The molecule has 0 aromatic heterocycles. The van der Waals surface area contributed by atoms with Crippen LogP contribution in [0.2, 0.25) is 0 Å². The van der Waals surface area contributed by atoms with E-state index in [4.69, 9.17) is 10.8 Å². The highest BCUT2D eigenvalue weighted by molar-refractivity contribution is 5.72. The number of nitrogens with two attached hydrogens (primary N) is 1. The molecule has 1 unspecified atom stereocenters. The van der Waals surface area contributed by atoms with Gasteiger partial charge >= 0.3 is 5.97 Å². The summed E-state index contributed by atoms with van der Waals surface area (Å²) < 4.78 is 0. The molecule has 3 N–H and O–H groups in total. The van der Waals surface area contributed by atoms with Gasteiger partial charge in [0, 0.05) is 6.42 Å². The Morgan fingerprint density at radius 2 is 1.92 bits per heavy atom. The van der Waals surface area contributed by atoms with Crippen LogP contribution in [0.1, 0.15) is 38.5 Å². The van der Waals surface area contributed by atoms with Crippen molar-refractivity contribution in [1.29, 1.82) is 0 Å². The maximum absolute atomic E-state index is 10.3. The summed E-state index contributed by atoms with van der Waals surface area (Å²) in [6.45, 7) is 0. The molecule has 13 heavy (non-hydrogen) atoms. The van der Waals surface area contributed by atoms with Crippen molar-refractivity contribution in [3.63, 3.8) is 0 Å². The number of aldehydes is 1. The van der Waals surface area contributed by atoms with E-state index in [0.717, 1.165) is 32.0 Å². The fraction of sp³-hybridized carbons (Fsp3) is 0.778. The van der Waals surface area contributed by atoms with Gasteiger partial charge in [-0.3, -0.25) is 4.79 Å². The molecule has 0 bridgehead atoms. The first-order chi connectivity index (χ1) is 6.18. The molecule has 0 spiro atoms. The zero-order valence-corrected chi connectivity index (χ0v) is 7.74. The van der Waals surface area contributed by atoms with Crippen molar-refractivity contribution in [1.82, 2.24) is 0 Å². The summed E-state index contributed by atoms with van der Waals surface area (Å²) >= 11 is 0. The Morgan fingerprint density at radius 1 is 1.31 bits per heavy atom. The second-order valence-corrected chi connectivity index (χ2v) is 3.10. The molecule has 0 aliphatic carbocycles. The lowest BCUT2D eigenvalue weighted by molar-refractivity contribution is -0.138. The zero-order valence-electron chi connectivity index (χ0n) is 7.74. The van der Waals surface area contributed by atoms with Crippen molar-refractivity contribution in [2.24, 2.45) is 5.73 Å². The van der Waals surface area contributed by atoms with Crippen molar-refractivity contribution >= 4 is 12.3 Å². The fourth-order valence-corrected chi connectivity index (χ4v) is 1.07. The minimum atomic E-state index is -0.937. The Morgan fingerprint density at radius 3 is 2.46 bits per heavy atom. The molecule has 0 radical (unpaired) electrons. The molecule has 0 aromatic rings. The monoisotopic (exact) mass is 187 g/mol. The van der Waals surface area contributed by atoms with Crippen LogP contribution in [0.4, 0.5) is 0 Å². The quantitative estimate of drug-likeness (QED) is 0.437. The van der Waals surface area contributed by atoms with Gasteiger partial charge in [0.2, 0.25) is 0 Å². The summed E-state index contributed by atoms with van der Waals surface area (Å²) in [6, 6.07) is -0.730. The molecule has 4 nitrogen and oxygen atoms in total. The van der Waals surface area contributed by atoms with Gasteiger partial charge in [-0.15, -0.1) is 0 Å². The summed E-state index contributed by atoms with van der Waals surface area (Å²) in [5.74, 6) is -0.937. The van der Waals surface area contributed by atoms with Crippen molar-refractivity contribution in [2.45, 2.75) is 44.6 Å². The summed E-state index contributed by atoms with van der Waals surface area (Å²) in [5, 5.41) is 8.45. The highest BCUT2D eigenvalue weighted by Gasteiger charge is 2.09. The number of carboxylic acid groups (broad SMARTS) is 1. The Labute approximate surface area is 78.1 Å². The van der Waals surface area contributed by atoms with Gasteiger partial charge in [-0.05, 0) is 12.8 Å². The maximum Gasteiger partial charge on any atom is 0.320 e. The summed E-state index contributed by atoms with van der Waals surface area (Å²) in [4.78, 5) is 20.2. The van der Waals surface area contributed by atoms with Crippen LogP contribution in [0.25, 0.3) is 0 Å². The molecule has 76 valence electrons.